The average molecular weight is 317 g/mol. The Balaban J connectivity index is 2.33. The van der Waals surface area contributed by atoms with Crippen molar-refractivity contribution in [1.82, 2.24) is 10.2 Å². The second-order valence-corrected chi connectivity index (χ2v) is 5.47. The Bertz CT molecular complexity index is 414. The molecule has 18 heavy (non-hydrogen) atoms. The number of halogens is 2. The highest BCUT2D eigenvalue weighted by Gasteiger charge is 2.32. The maximum absolute atomic E-state index is 14.0. The van der Waals surface area contributed by atoms with Gasteiger partial charge in [-0.2, -0.15) is 0 Å². The van der Waals surface area contributed by atoms with E-state index in [0.717, 1.165) is 11.0 Å². The molecule has 1 saturated heterocycles. The van der Waals surface area contributed by atoms with E-state index in [1.807, 2.05) is 20.2 Å². The highest BCUT2D eigenvalue weighted by molar-refractivity contribution is 9.10. The minimum absolute atomic E-state index is 0.0300. The zero-order valence-electron chi connectivity index (χ0n) is 10.6. The lowest BCUT2D eigenvalue weighted by molar-refractivity contribution is -0.0616. The number of nitrogens with zero attached hydrogens (tertiary/aromatic N) is 1. The third kappa shape index (κ3) is 2.91. The molecule has 1 aromatic rings. The van der Waals surface area contributed by atoms with Crippen molar-refractivity contribution in [1.29, 1.82) is 0 Å². The SMILES string of the molecule is CNCC1OCCN(C)C1c1cc(Br)ccc1F. The van der Waals surface area contributed by atoms with Crippen LogP contribution in [0.15, 0.2) is 22.7 Å². The molecule has 0 bridgehead atoms. The van der Waals surface area contributed by atoms with Crippen molar-refractivity contribution in [2.24, 2.45) is 0 Å². The van der Waals surface area contributed by atoms with Crippen LogP contribution in [0.25, 0.3) is 0 Å². The van der Waals surface area contributed by atoms with E-state index in [0.29, 0.717) is 18.7 Å². The molecule has 0 amide bonds. The maximum Gasteiger partial charge on any atom is 0.128 e. The van der Waals surface area contributed by atoms with Gasteiger partial charge in [0.15, 0.2) is 0 Å². The monoisotopic (exact) mass is 316 g/mol. The molecule has 1 fully saturated rings. The molecule has 2 atom stereocenters. The van der Waals surface area contributed by atoms with Crippen molar-refractivity contribution in [2.45, 2.75) is 12.1 Å². The summed E-state index contributed by atoms with van der Waals surface area (Å²) in [5.41, 5.74) is 0.687. The van der Waals surface area contributed by atoms with Gasteiger partial charge in [0.25, 0.3) is 0 Å². The zero-order valence-corrected chi connectivity index (χ0v) is 12.2. The molecule has 1 aliphatic rings. The van der Waals surface area contributed by atoms with Crippen molar-refractivity contribution in [3.05, 3.63) is 34.1 Å². The first-order valence-corrected chi connectivity index (χ1v) is 6.84. The number of ether oxygens (including phenoxy) is 1. The molecule has 0 saturated carbocycles. The molecule has 5 heteroatoms. The summed E-state index contributed by atoms with van der Waals surface area (Å²) >= 11 is 3.40. The van der Waals surface area contributed by atoms with Gasteiger partial charge in [-0.15, -0.1) is 0 Å². The third-order valence-electron chi connectivity index (χ3n) is 3.28. The van der Waals surface area contributed by atoms with Crippen LogP contribution in [0.5, 0.6) is 0 Å². The largest absolute Gasteiger partial charge is 0.374 e. The van der Waals surface area contributed by atoms with Crippen LogP contribution in [-0.2, 0) is 4.74 Å². The Labute approximate surface area is 115 Å². The minimum Gasteiger partial charge on any atom is -0.374 e. The first-order chi connectivity index (χ1) is 8.63. The first-order valence-electron chi connectivity index (χ1n) is 6.05. The van der Waals surface area contributed by atoms with E-state index in [9.17, 15) is 4.39 Å². The van der Waals surface area contributed by atoms with Crippen molar-refractivity contribution in [2.75, 3.05) is 33.8 Å². The normalized spacial score (nSPS) is 25.3. The topological polar surface area (TPSA) is 24.5 Å². The van der Waals surface area contributed by atoms with Crippen LogP contribution in [0, 0.1) is 5.82 Å². The van der Waals surface area contributed by atoms with Crippen LogP contribution in [0.3, 0.4) is 0 Å². The first kappa shape index (κ1) is 13.9. The molecular formula is C13H18BrFN2O. The Hall–Kier alpha value is -0.490. The van der Waals surface area contributed by atoms with Crippen LogP contribution in [0.2, 0.25) is 0 Å². The highest BCUT2D eigenvalue weighted by atomic mass is 79.9. The fourth-order valence-electron chi connectivity index (χ4n) is 2.41. The molecule has 1 heterocycles. The molecule has 1 aromatic carbocycles. The molecule has 2 unspecified atom stereocenters. The predicted octanol–water partition coefficient (Wildman–Crippen LogP) is 2.18. The van der Waals surface area contributed by atoms with Crippen molar-refractivity contribution in [3.8, 4) is 0 Å². The van der Waals surface area contributed by atoms with Gasteiger partial charge in [-0.3, -0.25) is 4.90 Å². The van der Waals surface area contributed by atoms with Gasteiger partial charge in [0.2, 0.25) is 0 Å². The van der Waals surface area contributed by atoms with E-state index in [2.05, 4.69) is 26.1 Å². The van der Waals surface area contributed by atoms with E-state index in [1.54, 1.807) is 6.07 Å². The summed E-state index contributed by atoms with van der Waals surface area (Å²) in [5.74, 6) is -0.179. The van der Waals surface area contributed by atoms with Gasteiger partial charge >= 0.3 is 0 Å². The molecule has 2 rings (SSSR count). The van der Waals surface area contributed by atoms with Gasteiger partial charge in [0, 0.05) is 23.1 Å². The summed E-state index contributed by atoms with van der Waals surface area (Å²) in [6, 6.07) is 5.01. The van der Waals surface area contributed by atoms with Gasteiger partial charge in [-0.1, -0.05) is 15.9 Å². The second-order valence-electron chi connectivity index (χ2n) is 4.56. The van der Waals surface area contributed by atoms with Gasteiger partial charge in [-0.25, -0.2) is 4.39 Å². The molecule has 0 aliphatic carbocycles. The smallest absolute Gasteiger partial charge is 0.128 e. The van der Waals surface area contributed by atoms with Crippen LogP contribution in [-0.4, -0.2) is 44.8 Å². The summed E-state index contributed by atoms with van der Waals surface area (Å²) in [7, 11) is 3.89. The van der Waals surface area contributed by atoms with Gasteiger partial charge < -0.3 is 10.1 Å². The van der Waals surface area contributed by atoms with Gasteiger partial charge in [0.1, 0.15) is 5.82 Å². The summed E-state index contributed by atoms with van der Waals surface area (Å²) in [6.45, 7) is 2.22. The van der Waals surface area contributed by atoms with E-state index < -0.39 is 0 Å². The van der Waals surface area contributed by atoms with Gasteiger partial charge in [0.05, 0.1) is 18.8 Å². The van der Waals surface area contributed by atoms with E-state index in [4.69, 9.17) is 4.74 Å². The van der Waals surface area contributed by atoms with Crippen LogP contribution < -0.4 is 5.32 Å². The second kappa shape index (κ2) is 6.10. The van der Waals surface area contributed by atoms with Crippen LogP contribution in [0.4, 0.5) is 4.39 Å². The number of hydrogen-bond donors (Lipinski definition) is 1. The average Bonchev–Trinajstić information content (AvgIpc) is 2.34. The Morgan fingerprint density at radius 2 is 2.33 bits per heavy atom. The standard InChI is InChI=1S/C13H18BrFN2O/c1-16-8-12-13(17(2)5-6-18-12)10-7-9(14)3-4-11(10)15/h3-4,7,12-13,16H,5-6,8H2,1-2H3. The van der Waals surface area contributed by atoms with Crippen molar-refractivity contribution < 1.29 is 9.13 Å². The summed E-state index contributed by atoms with van der Waals surface area (Å²) in [6.07, 6.45) is -0.0300. The molecule has 0 aromatic heterocycles. The molecular weight excluding hydrogens is 299 g/mol. The molecule has 1 N–H and O–H groups in total. The fourth-order valence-corrected chi connectivity index (χ4v) is 2.79. The molecule has 1 aliphatic heterocycles. The molecule has 0 radical (unpaired) electrons. The zero-order chi connectivity index (χ0) is 13.1. The van der Waals surface area contributed by atoms with E-state index >= 15 is 0 Å². The minimum atomic E-state index is -0.179. The summed E-state index contributed by atoms with van der Waals surface area (Å²) < 4.78 is 20.7. The number of benzene rings is 1. The van der Waals surface area contributed by atoms with Gasteiger partial charge in [-0.05, 0) is 32.3 Å². The Kier molecular flexibility index (Phi) is 4.72. The van der Waals surface area contributed by atoms with Crippen molar-refractivity contribution in [3.63, 3.8) is 0 Å². The third-order valence-corrected chi connectivity index (χ3v) is 3.78. The Morgan fingerprint density at radius 3 is 3.06 bits per heavy atom. The molecule has 100 valence electrons. The number of likely N-dealkylation sites (N-methyl/N-ethyl adjacent to an activating group) is 2. The number of hydrogen-bond acceptors (Lipinski definition) is 3. The number of rotatable bonds is 3. The lowest BCUT2D eigenvalue weighted by Gasteiger charge is -2.39. The van der Waals surface area contributed by atoms with E-state index in [1.165, 1.54) is 6.07 Å². The quantitative estimate of drug-likeness (QED) is 0.925. The number of nitrogens with one attached hydrogen (secondary N) is 1. The van der Waals surface area contributed by atoms with Crippen molar-refractivity contribution >= 4 is 15.9 Å². The number of morpholine rings is 1. The highest BCUT2D eigenvalue weighted by Crippen LogP contribution is 2.31. The lowest BCUT2D eigenvalue weighted by atomic mass is 9.98. The van der Waals surface area contributed by atoms with Crippen LogP contribution in [0.1, 0.15) is 11.6 Å². The van der Waals surface area contributed by atoms with Crippen LogP contribution >= 0.6 is 15.9 Å². The predicted molar refractivity (Wildman–Crippen MR) is 73.1 cm³/mol. The summed E-state index contributed by atoms with van der Waals surface area (Å²) in [5, 5.41) is 3.11. The maximum atomic E-state index is 14.0. The molecule has 3 nitrogen and oxygen atoms in total. The van der Waals surface area contributed by atoms with E-state index in [-0.39, 0.29) is 18.0 Å². The summed E-state index contributed by atoms with van der Waals surface area (Å²) in [4.78, 5) is 2.15. The Morgan fingerprint density at radius 1 is 1.56 bits per heavy atom. The fraction of sp³-hybridized carbons (Fsp3) is 0.538. The molecule has 0 spiro atoms. The lowest BCUT2D eigenvalue weighted by Crippen LogP contribution is -2.47.